The van der Waals surface area contributed by atoms with E-state index in [0.717, 1.165) is 0 Å². The molecular weight excluding hydrogens is 603 g/mol. The van der Waals surface area contributed by atoms with E-state index in [9.17, 15) is 52.7 Å². The monoisotopic (exact) mass is 621 g/mol. The lowest BCUT2D eigenvalue weighted by molar-refractivity contribution is 0.0471. The molecule has 0 unspecified atom stereocenters. The third-order valence-electron chi connectivity index (χ3n) is 2.89. The van der Waals surface area contributed by atoms with E-state index >= 15 is 0 Å². The molecule has 0 bridgehead atoms. The third kappa shape index (κ3) is 12.4. The molecule has 0 radical (unpaired) electrons. The van der Waals surface area contributed by atoms with Crippen molar-refractivity contribution in [1.82, 2.24) is 0 Å². The van der Waals surface area contributed by atoms with Gasteiger partial charge in [-0.15, -0.1) is 13.5 Å². The Bertz CT molecular complexity index is 668. The molecule has 0 aliphatic carbocycles. The summed E-state index contributed by atoms with van der Waals surface area (Å²) in [6, 6.07) is 0. The van der Waals surface area contributed by atoms with Crippen molar-refractivity contribution in [3.8, 4) is 0 Å². The quantitative estimate of drug-likeness (QED) is 0.116. The molecule has 1 rings (SSSR count). The number of hydrogen-bond acceptors (Lipinski definition) is 9. The van der Waals surface area contributed by atoms with Crippen LogP contribution < -0.4 is 0 Å². The molecular formula is C12H18F12N3O6P3. The number of alkyl halides is 12. The molecule has 9 nitrogen and oxygen atoms in total. The minimum Gasteiger partial charge on any atom is -0.300 e. The van der Waals surface area contributed by atoms with Gasteiger partial charge < -0.3 is 27.1 Å². The van der Waals surface area contributed by atoms with Crippen LogP contribution in [0.25, 0.3) is 0 Å². The first-order valence-electron chi connectivity index (χ1n) is 9.10. The largest absolute Gasteiger partial charge is 0.349 e. The lowest BCUT2D eigenvalue weighted by Gasteiger charge is -2.33. The topological polar surface area (TPSA) is 92.5 Å². The standard InChI is InChI=1S/C12H18F12N3O6P3/c13-7(14)1-28-34(29-2-8(15)16)25-35(30-3-9(17)18,31-4-10(19)20)27-36(26-34,32-5-11(21)22)33-6-12(23)24/h7-12H,1-6H2. The fourth-order valence-corrected chi connectivity index (χ4v) is 11.2. The molecule has 0 saturated carbocycles. The van der Waals surface area contributed by atoms with Gasteiger partial charge in [-0.05, 0) is 0 Å². The van der Waals surface area contributed by atoms with Crippen LogP contribution in [0.1, 0.15) is 0 Å². The van der Waals surface area contributed by atoms with Gasteiger partial charge in [-0.2, -0.15) is 0 Å². The van der Waals surface area contributed by atoms with Gasteiger partial charge in [-0.1, -0.05) is 0 Å². The summed E-state index contributed by atoms with van der Waals surface area (Å²) in [6.07, 6.45) is -20.4. The van der Waals surface area contributed by atoms with Crippen molar-refractivity contribution in [1.29, 1.82) is 0 Å². The SMILES string of the molecule is FC(F)COP1(OCC(F)F)=NP(OCC(F)F)(OCC(F)F)=NP(OCC(F)F)(OCC(F)F)=N1. The zero-order chi connectivity index (χ0) is 27.6. The minimum atomic E-state index is -5.17. The lowest BCUT2D eigenvalue weighted by Crippen LogP contribution is -2.14. The minimum absolute atomic E-state index is 1.74. The van der Waals surface area contributed by atoms with Gasteiger partial charge in [0.25, 0.3) is 38.6 Å². The Hall–Kier alpha value is -0.390. The first kappa shape index (κ1) is 33.6. The summed E-state index contributed by atoms with van der Waals surface area (Å²) in [5, 5.41) is 0. The molecule has 0 aromatic carbocycles. The maximum atomic E-state index is 12.8. The molecule has 0 fully saturated rings. The highest BCUT2D eigenvalue weighted by atomic mass is 31.3. The molecule has 36 heavy (non-hydrogen) atoms. The van der Waals surface area contributed by atoms with E-state index in [-0.39, 0.29) is 0 Å². The smallest absolute Gasteiger partial charge is 0.300 e. The molecule has 0 N–H and O–H groups in total. The van der Waals surface area contributed by atoms with Crippen molar-refractivity contribution in [2.24, 2.45) is 13.5 Å². The van der Waals surface area contributed by atoms with Crippen molar-refractivity contribution in [3.05, 3.63) is 0 Å². The van der Waals surface area contributed by atoms with Crippen LogP contribution >= 0.6 is 23.0 Å². The molecule has 0 spiro atoms. The van der Waals surface area contributed by atoms with E-state index < -0.39 is 101 Å². The maximum Gasteiger partial charge on any atom is 0.349 e. The number of hydrogen-bond donors (Lipinski definition) is 0. The van der Waals surface area contributed by atoms with Gasteiger partial charge in [0.05, 0.1) is 0 Å². The van der Waals surface area contributed by atoms with Gasteiger partial charge in [0, 0.05) is 0 Å². The van der Waals surface area contributed by atoms with Gasteiger partial charge in [-0.3, -0.25) is 0 Å². The van der Waals surface area contributed by atoms with Crippen molar-refractivity contribution < 1.29 is 79.8 Å². The van der Waals surface area contributed by atoms with Crippen LogP contribution in [0.5, 0.6) is 0 Å². The fourth-order valence-electron chi connectivity index (χ4n) is 1.82. The van der Waals surface area contributed by atoms with Crippen LogP contribution in [0, 0.1) is 0 Å². The van der Waals surface area contributed by atoms with E-state index in [2.05, 4.69) is 40.7 Å². The zero-order valence-corrected chi connectivity index (χ0v) is 20.1. The summed E-state index contributed by atoms with van der Waals surface area (Å²) in [6.45, 7) is -10.4. The van der Waals surface area contributed by atoms with Crippen LogP contribution in [0.3, 0.4) is 0 Å². The van der Waals surface area contributed by atoms with Gasteiger partial charge in [-0.25, -0.2) is 52.7 Å². The number of nitrogens with zero attached hydrogens (tertiary/aromatic N) is 3. The highest BCUT2D eigenvalue weighted by molar-refractivity contribution is 7.78. The summed E-state index contributed by atoms with van der Waals surface area (Å²) in [5.41, 5.74) is 0. The second kappa shape index (κ2) is 15.3. The van der Waals surface area contributed by atoms with E-state index in [0.29, 0.717) is 0 Å². The summed E-state index contributed by atoms with van der Waals surface area (Å²) in [7, 11) is -15.5. The Morgan fingerprint density at radius 3 is 0.583 bits per heavy atom. The van der Waals surface area contributed by atoms with E-state index in [1.54, 1.807) is 0 Å². The van der Waals surface area contributed by atoms with Gasteiger partial charge in [0.15, 0.2) is 0 Å². The first-order valence-corrected chi connectivity index (χ1v) is 13.7. The lowest BCUT2D eigenvalue weighted by atomic mass is 10.8. The molecule has 0 aromatic rings. The molecule has 0 amide bonds. The summed E-state index contributed by atoms with van der Waals surface area (Å²) >= 11 is 0. The molecule has 216 valence electrons. The van der Waals surface area contributed by atoms with Crippen LogP contribution in [-0.2, 0) is 27.1 Å². The molecule has 24 heteroatoms. The van der Waals surface area contributed by atoms with Gasteiger partial charge in [0.2, 0.25) is 0 Å². The van der Waals surface area contributed by atoms with Crippen molar-refractivity contribution >= 4 is 23.0 Å². The average Bonchev–Trinajstić information content (AvgIpc) is 2.76. The van der Waals surface area contributed by atoms with E-state index in [1.165, 1.54) is 0 Å². The molecule has 0 aromatic heterocycles. The predicted octanol–water partition coefficient (Wildman–Crippen LogP) is 7.53. The van der Waals surface area contributed by atoms with Crippen LogP contribution in [0.4, 0.5) is 52.7 Å². The van der Waals surface area contributed by atoms with Crippen LogP contribution in [0.2, 0.25) is 0 Å². The second-order valence-electron chi connectivity index (χ2n) is 5.86. The molecule has 0 saturated heterocycles. The Morgan fingerprint density at radius 2 is 0.472 bits per heavy atom. The Kier molecular flexibility index (Phi) is 14.3. The Labute approximate surface area is 195 Å². The van der Waals surface area contributed by atoms with Crippen LogP contribution in [0.15, 0.2) is 13.5 Å². The second-order valence-corrected chi connectivity index (χ2v) is 12.5. The Morgan fingerprint density at radius 1 is 0.333 bits per heavy atom. The summed E-state index contributed by atoms with van der Waals surface area (Å²) < 4.78 is 192. The molecule has 1 aliphatic rings. The normalized spacial score (nSPS) is 18.8. The summed E-state index contributed by atoms with van der Waals surface area (Å²) in [5.74, 6) is 0. The first-order chi connectivity index (χ1) is 16.6. The number of rotatable bonds is 18. The van der Waals surface area contributed by atoms with Crippen molar-refractivity contribution in [3.63, 3.8) is 0 Å². The van der Waals surface area contributed by atoms with Crippen LogP contribution in [-0.4, -0.2) is 78.2 Å². The highest BCUT2D eigenvalue weighted by Gasteiger charge is 2.45. The summed E-state index contributed by atoms with van der Waals surface area (Å²) in [4.78, 5) is 0. The fraction of sp³-hybridized carbons (Fsp3) is 1.00. The molecule has 1 heterocycles. The van der Waals surface area contributed by atoms with Crippen molar-refractivity contribution in [2.75, 3.05) is 39.6 Å². The predicted molar refractivity (Wildman–Crippen MR) is 99.8 cm³/mol. The van der Waals surface area contributed by atoms with E-state index in [1.807, 2.05) is 0 Å². The maximum absolute atomic E-state index is 12.8. The Balaban J connectivity index is 3.92. The average molecular weight is 621 g/mol. The molecule has 0 atom stereocenters. The molecule has 1 aliphatic heterocycles. The van der Waals surface area contributed by atoms with Crippen molar-refractivity contribution in [2.45, 2.75) is 38.6 Å². The highest BCUT2D eigenvalue weighted by Crippen LogP contribution is 2.80. The third-order valence-corrected chi connectivity index (χ3v) is 11.2. The van der Waals surface area contributed by atoms with Gasteiger partial charge >= 0.3 is 23.0 Å². The van der Waals surface area contributed by atoms with E-state index in [4.69, 9.17) is 0 Å². The zero-order valence-electron chi connectivity index (χ0n) is 17.4. The number of halogens is 12. The van der Waals surface area contributed by atoms with Gasteiger partial charge in [0.1, 0.15) is 39.6 Å².